The van der Waals surface area contributed by atoms with Crippen LogP contribution in [0.25, 0.3) is 0 Å². The first kappa shape index (κ1) is 8.83. The van der Waals surface area contributed by atoms with Crippen LogP contribution in [0.5, 0.6) is 0 Å². The van der Waals surface area contributed by atoms with Crippen molar-refractivity contribution in [2.24, 2.45) is 0 Å². The molecule has 1 saturated heterocycles. The first-order valence-corrected chi connectivity index (χ1v) is 3.72. The predicted octanol–water partition coefficient (Wildman–Crippen LogP) is 0.300. The lowest BCUT2D eigenvalue weighted by Gasteiger charge is -2.16. The van der Waals surface area contributed by atoms with Crippen molar-refractivity contribution in [2.45, 2.75) is 26.0 Å². The molecule has 1 amide bonds. The van der Waals surface area contributed by atoms with Gasteiger partial charge < -0.3 is 14.7 Å². The molecular weight excluding hydrogens is 162 g/mol. The van der Waals surface area contributed by atoms with Crippen LogP contribution in [-0.4, -0.2) is 40.8 Å². The van der Waals surface area contributed by atoms with E-state index in [-0.39, 0.29) is 12.6 Å². The van der Waals surface area contributed by atoms with Crippen LogP contribution < -0.4 is 0 Å². The van der Waals surface area contributed by atoms with Gasteiger partial charge in [-0.1, -0.05) is 0 Å². The van der Waals surface area contributed by atoms with Crippen molar-refractivity contribution >= 4 is 12.1 Å². The lowest BCUT2D eigenvalue weighted by molar-refractivity contribution is -0.144. The fourth-order valence-electron chi connectivity index (χ4n) is 1.03. The summed E-state index contributed by atoms with van der Waals surface area (Å²) < 4.78 is 4.58. The van der Waals surface area contributed by atoms with Gasteiger partial charge in [0.15, 0.2) is 0 Å². The highest BCUT2D eigenvalue weighted by molar-refractivity contribution is 5.81. The van der Waals surface area contributed by atoms with Crippen LogP contribution in [0.1, 0.15) is 13.8 Å². The van der Waals surface area contributed by atoms with E-state index < -0.39 is 18.2 Å². The number of nitrogens with zero attached hydrogens (tertiary/aromatic N) is 1. The molecule has 1 atom stereocenters. The summed E-state index contributed by atoms with van der Waals surface area (Å²) >= 11 is 0. The Morgan fingerprint density at radius 1 is 1.75 bits per heavy atom. The van der Waals surface area contributed by atoms with Crippen molar-refractivity contribution in [2.75, 3.05) is 6.54 Å². The maximum absolute atomic E-state index is 11.0. The standard InChI is InChI=1S/C7H11NO4/c1-4(2)8-3-5(6(9)10)12-7(8)11/h4-5H,3H2,1-2H3,(H,9,10)/t5-/m1/s1. The highest BCUT2D eigenvalue weighted by atomic mass is 16.6. The lowest BCUT2D eigenvalue weighted by Crippen LogP contribution is -2.33. The molecule has 0 spiro atoms. The maximum atomic E-state index is 11.0. The van der Waals surface area contributed by atoms with Gasteiger partial charge in [0, 0.05) is 6.04 Å². The fourth-order valence-corrected chi connectivity index (χ4v) is 1.03. The highest BCUT2D eigenvalue weighted by Crippen LogP contribution is 2.13. The third kappa shape index (κ3) is 1.49. The monoisotopic (exact) mass is 173 g/mol. The number of carboxylic acid groups (broad SMARTS) is 1. The van der Waals surface area contributed by atoms with Gasteiger partial charge in [0.05, 0.1) is 6.54 Å². The summed E-state index contributed by atoms with van der Waals surface area (Å²) in [5.74, 6) is -1.09. The van der Waals surface area contributed by atoms with Crippen molar-refractivity contribution in [3.8, 4) is 0 Å². The summed E-state index contributed by atoms with van der Waals surface area (Å²) in [4.78, 5) is 22.8. The van der Waals surface area contributed by atoms with Gasteiger partial charge in [-0.25, -0.2) is 9.59 Å². The Labute approximate surface area is 69.9 Å². The number of carbonyl (C=O) groups excluding carboxylic acids is 1. The Morgan fingerprint density at radius 2 is 2.33 bits per heavy atom. The van der Waals surface area contributed by atoms with Crippen LogP contribution in [-0.2, 0) is 9.53 Å². The molecule has 0 bridgehead atoms. The third-order valence-corrected chi connectivity index (χ3v) is 1.74. The summed E-state index contributed by atoms with van der Waals surface area (Å²) in [6, 6.07) is -0.0122. The molecule has 0 radical (unpaired) electrons. The van der Waals surface area contributed by atoms with Crippen molar-refractivity contribution in [3.05, 3.63) is 0 Å². The highest BCUT2D eigenvalue weighted by Gasteiger charge is 2.37. The normalized spacial score (nSPS) is 23.1. The average Bonchev–Trinajstić information content (AvgIpc) is 2.30. The molecule has 0 aromatic carbocycles. The minimum Gasteiger partial charge on any atom is -0.478 e. The van der Waals surface area contributed by atoms with Crippen LogP contribution in [0.15, 0.2) is 0 Å². The number of carbonyl (C=O) groups is 2. The minimum atomic E-state index is -1.09. The Kier molecular flexibility index (Phi) is 2.21. The fraction of sp³-hybridized carbons (Fsp3) is 0.714. The van der Waals surface area contributed by atoms with Gasteiger partial charge in [-0.3, -0.25) is 0 Å². The van der Waals surface area contributed by atoms with E-state index in [0.717, 1.165) is 0 Å². The Balaban J connectivity index is 2.62. The second-order valence-corrected chi connectivity index (χ2v) is 2.96. The number of carboxylic acids is 1. The second kappa shape index (κ2) is 3.00. The minimum absolute atomic E-state index is 0.0122. The van der Waals surface area contributed by atoms with Gasteiger partial charge in [0.2, 0.25) is 6.10 Å². The summed E-state index contributed by atoms with van der Waals surface area (Å²) in [6.07, 6.45) is -1.54. The third-order valence-electron chi connectivity index (χ3n) is 1.74. The summed E-state index contributed by atoms with van der Waals surface area (Å²) in [7, 11) is 0. The first-order valence-electron chi connectivity index (χ1n) is 3.72. The van der Waals surface area contributed by atoms with Gasteiger partial charge in [0.1, 0.15) is 0 Å². The number of cyclic esters (lactones) is 1. The Hall–Kier alpha value is -1.26. The summed E-state index contributed by atoms with van der Waals surface area (Å²) in [6.45, 7) is 3.77. The van der Waals surface area contributed by atoms with Crippen LogP contribution in [0.2, 0.25) is 0 Å². The maximum Gasteiger partial charge on any atom is 0.411 e. The van der Waals surface area contributed by atoms with Gasteiger partial charge in [-0.2, -0.15) is 0 Å². The predicted molar refractivity (Wildman–Crippen MR) is 39.7 cm³/mol. The van der Waals surface area contributed by atoms with Gasteiger partial charge in [-0.05, 0) is 13.8 Å². The second-order valence-electron chi connectivity index (χ2n) is 2.96. The van der Waals surface area contributed by atoms with E-state index in [1.54, 1.807) is 0 Å². The molecule has 1 aliphatic rings. The molecule has 0 unspecified atom stereocenters. The van der Waals surface area contributed by atoms with E-state index in [1.807, 2.05) is 13.8 Å². The zero-order valence-electron chi connectivity index (χ0n) is 6.98. The molecule has 12 heavy (non-hydrogen) atoms. The molecule has 1 heterocycles. The van der Waals surface area contributed by atoms with E-state index >= 15 is 0 Å². The van der Waals surface area contributed by atoms with Gasteiger partial charge in [0.25, 0.3) is 0 Å². The molecule has 0 aromatic heterocycles. The van der Waals surface area contributed by atoms with Crippen LogP contribution in [0.3, 0.4) is 0 Å². The molecule has 68 valence electrons. The largest absolute Gasteiger partial charge is 0.478 e. The van der Waals surface area contributed by atoms with Crippen molar-refractivity contribution < 1.29 is 19.4 Å². The molecule has 1 aliphatic heterocycles. The molecule has 5 nitrogen and oxygen atoms in total. The van der Waals surface area contributed by atoms with E-state index in [9.17, 15) is 9.59 Å². The lowest BCUT2D eigenvalue weighted by atomic mass is 10.3. The summed E-state index contributed by atoms with van der Waals surface area (Å²) in [5, 5.41) is 8.53. The SMILES string of the molecule is CC(C)N1C[C@H](C(=O)O)OC1=O. The quantitative estimate of drug-likeness (QED) is 0.652. The smallest absolute Gasteiger partial charge is 0.411 e. The van der Waals surface area contributed by atoms with Crippen LogP contribution >= 0.6 is 0 Å². The zero-order valence-corrected chi connectivity index (χ0v) is 6.98. The van der Waals surface area contributed by atoms with Crippen molar-refractivity contribution in [1.29, 1.82) is 0 Å². The number of hydrogen-bond donors (Lipinski definition) is 1. The topological polar surface area (TPSA) is 66.8 Å². The first-order chi connectivity index (χ1) is 5.52. The molecular formula is C7H11NO4. The number of hydrogen-bond acceptors (Lipinski definition) is 3. The zero-order chi connectivity index (χ0) is 9.30. The molecule has 0 aliphatic carbocycles. The van der Waals surface area contributed by atoms with Gasteiger partial charge in [-0.15, -0.1) is 0 Å². The van der Waals surface area contributed by atoms with E-state index in [2.05, 4.69) is 4.74 Å². The van der Waals surface area contributed by atoms with E-state index in [1.165, 1.54) is 4.90 Å². The molecule has 1 N–H and O–H groups in total. The van der Waals surface area contributed by atoms with Gasteiger partial charge >= 0.3 is 12.1 Å². The molecule has 5 heteroatoms. The van der Waals surface area contributed by atoms with Crippen molar-refractivity contribution in [3.63, 3.8) is 0 Å². The van der Waals surface area contributed by atoms with E-state index in [4.69, 9.17) is 5.11 Å². The summed E-state index contributed by atoms with van der Waals surface area (Å²) in [5.41, 5.74) is 0. The average molecular weight is 173 g/mol. The van der Waals surface area contributed by atoms with Crippen LogP contribution in [0.4, 0.5) is 4.79 Å². The van der Waals surface area contributed by atoms with Crippen molar-refractivity contribution in [1.82, 2.24) is 4.90 Å². The number of amides is 1. The van der Waals surface area contributed by atoms with E-state index in [0.29, 0.717) is 0 Å². The number of aliphatic carboxylic acids is 1. The molecule has 1 fully saturated rings. The Bertz CT molecular complexity index is 213. The Morgan fingerprint density at radius 3 is 2.58 bits per heavy atom. The number of rotatable bonds is 2. The molecule has 0 aromatic rings. The molecule has 0 saturated carbocycles. The molecule has 1 rings (SSSR count). The number of ether oxygens (including phenoxy) is 1. The van der Waals surface area contributed by atoms with Crippen LogP contribution in [0, 0.1) is 0 Å².